The Balaban J connectivity index is 3.28. The zero-order valence-corrected chi connectivity index (χ0v) is 10.4. The first-order chi connectivity index (χ1) is 7.99. The highest BCUT2D eigenvalue weighted by molar-refractivity contribution is 9.10. The van der Waals surface area contributed by atoms with Crippen molar-refractivity contribution in [2.45, 2.75) is 6.42 Å². The minimum absolute atomic E-state index is 0.109. The number of nitro groups is 1. The van der Waals surface area contributed by atoms with E-state index in [0.717, 1.165) is 6.07 Å². The zero-order chi connectivity index (χ0) is 13.0. The minimum Gasteiger partial charge on any atom is -0.469 e. The second-order valence-electron chi connectivity index (χ2n) is 3.09. The van der Waals surface area contributed by atoms with Crippen molar-refractivity contribution in [2.24, 2.45) is 0 Å². The topological polar surface area (TPSA) is 93.2 Å². The van der Waals surface area contributed by atoms with Gasteiger partial charge in [0.1, 0.15) is 6.07 Å². The van der Waals surface area contributed by atoms with E-state index < -0.39 is 10.9 Å². The van der Waals surface area contributed by atoms with E-state index in [9.17, 15) is 14.9 Å². The van der Waals surface area contributed by atoms with Gasteiger partial charge < -0.3 is 4.74 Å². The molecule has 88 valence electrons. The molecule has 1 aromatic carbocycles. The van der Waals surface area contributed by atoms with Crippen molar-refractivity contribution in [2.75, 3.05) is 7.11 Å². The van der Waals surface area contributed by atoms with Crippen molar-refractivity contribution in [3.63, 3.8) is 0 Å². The van der Waals surface area contributed by atoms with Crippen LogP contribution in [0.5, 0.6) is 0 Å². The Kier molecular flexibility index (Phi) is 4.17. The molecule has 0 fully saturated rings. The molecule has 0 heterocycles. The predicted octanol–water partition coefficient (Wildman–Crippen LogP) is 1.94. The lowest BCUT2D eigenvalue weighted by molar-refractivity contribution is -0.384. The van der Waals surface area contributed by atoms with Gasteiger partial charge in [0.2, 0.25) is 0 Å². The van der Waals surface area contributed by atoms with Crippen LogP contribution in [0.4, 0.5) is 5.69 Å². The molecule has 0 radical (unpaired) electrons. The highest BCUT2D eigenvalue weighted by Crippen LogP contribution is 2.27. The third-order valence-electron chi connectivity index (χ3n) is 2.03. The van der Waals surface area contributed by atoms with Gasteiger partial charge in [0.25, 0.3) is 5.69 Å². The number of nitriles is 1. The van der Waals surface area contributed by atoms with Crippen LogP contribution in [-0.4, -0.2) is 18.0 Å². The second kappa shape index (κ2) is 5.41. The van der Waals surface area contributed by atoms with Gasteiger partial charge in [-0.25, -0.2) is 0 Å². The van der Waals surface area contributed by atoms with Crippen LogP contribution < -0.4 is 0 Å². The largest absolute Gasteiger partial charge is 0.469 e. The van der Waals surface area contributed by atoms with Crippen LogP contribution in [-0.2, 0) is 16.0 Å². The maximum absolute atomic E-state index is 11.1. The van der Waals surface area contributed by atoms with E-state index in [1.54, 1.807) is 0 Å². The SMILES string of the molecule is COC(=O)Cc1cc([N+](=O)[O-])cc(C#N)c1Br. The number of halogens is 1. The average molecular weight is 299 g/mol. The number of ether oxygens (including phenoxy) is 1. The molecule has 0 saturated heterocycles. The van der Waals surface area contributed by atoms with Gasteiger partial charge in [-0.05, 0) is 21.5 Å². The van der Waals surface area contributed by atoms with Crippen LogP contribution in [0, 0.1) is 21.4 Å². The zero-order valence-electron chi connectivity index (χ0n) is 8.77. The van der Waals surface area contributed by atoms with Crippen LogP contribution in [0.3, 0.4) is 0 Å². The van der Waals surface area contributed by atoms with Crippen molar-refractivity contribution < 1.29 is 14.5 Å². The number of hydrogen-bond acceptors (Lipinski definition) is 5. The van der Waals surface area contributed by atoms with Crippen LogP contribution in [0.15, 0.2) is 16.6 Å². The van der Waals surface area contributed by atoms with Gasteiger partial charge in [-0.1, -0.05) is 0 Å². The Labute approximate surface area is 105 Å². The summed E-state index contributed by atoms with van der Waals surface area (Å²) in [6.45, 7) is 0. The first-order valence-corrected chi connectivity index (χ1v) is 5.22. The predicted molar refractivity (Wildman–Crippen MR) is 61.2 cm³/mol. The third kappa shape index (κ3) is 3.01. The van der Waals surface area contributed by atoms with Gasteiger partial charge >= 0.3 is 5.97 Å². The number of benzene rings is 1. The molecule has 0 aromatic heterocycles. The Morgan fingerprint density at radius 3 is 2.76 bits per heavy atom. The fourth-order valence-electron chi connectivity index (χ4n) is 1.21. The van der Waals surface area contributed by atoms with Crippen LogP contribution in [0.25, 0.3) is 0 Å². The number of methoxy groups -OCH3 is 1. The molecule has 1 rings (SSSR count). The number of carbonyl (C=O) groups excluding carboxylic acids is 1. The lowest BCUT2D eigenvalue weighted by atomic mass is 10.1. The molecule has 0 aliphatic heterocycles. The van der Waals surface area contributed by atoms with Gasteiger partial charge in [-0.15, -0.1) is 0 Å². The number of rotatable bonds is 3. The van der Waals surface area contributed by atoms with E-state index in [4.69, 9.17) is 5.26 Å². The molecule has 0 amide bonds. The Morgan fingerprint density at radius 2 is 2.29 bits per heavy atom. The van der Waals surface area contributed by atoms with Crippen LogP contribution in [0.1, 0.15) is 11.1 Å². The lowest BCUT2D eigenvalue weighted by Crippen LogP contribution is -2.06. The lowest BCUT2D eigenvalue weighted by Gasteiger charge is -2.05. The molecule has 0 aliphatic carbocycles. The van der Waals surface area contributed by atoms with E-state index in [2.05, 4.69) is 20.7 Å². The first-order valence-electron chi connectivity index (χ1n) is 4.43. The quantitative estimate of drug-likeness (QED) is 0.483. The maximum Gasteiger partial charge on any atom is 0.310 e. The highest BCUT2D eigenvalue weighted by Gasteiger charge is 2.17. The Morgan fingerprint density at radius 1 is 1.65 bits per heavy atom. The molecule has 0 unspecified atom stereocenters. The normalized spacial score (nSPS) is 9.47. The maximum atomic E-state index is 11.1. The van der Waals surface area contributed by atoms with Crippen molar-refractivity contribution in [1.82, 2.24) is 0 Å². The van der Waals surface area contributed by atoms with Gasteiger partial charge in [0.05, 0.1) is 24.0 Å². The molecule has 6 nitrogen and oxygen atoms in total. The summed E-state index contributed by atoms with van der Waals surface area (Å²) < 4.78 is 4.84. The van der Waals surface area contributed by atoms with Crippen molar-refractivity contribution in [3.05, 3.63) is 37.8 Å². The molecule has 0 N–H and O–H groups in total. The summed E-state index contributed by atoms with van der Waals surface area (Å²) >= 11 is 3.13. The molecule has 0 spiro atoms. The summed E-state index contributed by atoms with van der Waals surface area (Å²) in [7, 11) is 1.22. The summed E-state index contributed by atoms with van der Waals surface area (Å²) in [4.78, 5) is 21.2. The van der Waals surface area contributed by atoms with Crippen molar-refractivity contribution in [1.29, 1.82) is 5.26 Å². The van der Waals surface area contributed by atoms with Gasteiger partial charge in [0.15, 0.2) is 0 Å². The van der Waals surface area contributed by atoms with Crippen LogP contribution >= 0.6 is 15.9 Å². The standard InChI is InChI=1S/C10H7BrN2O4/c1-17-9(14)4-6-2-8(13(15)16)3-7(5-12)10(6)11/h2-3H,4H2,1H3. The molecule has 0 saturated carbocycles. The fraction of sp³-hybridized carbons (Fsp3) is 0.200. The molecule has 1 aromatic rings. The minimum atomic E-state index is -0.617. The first kappa shape index (κ1) is 13.1. The van der Waals surface area contributed by atoms with Gasteiger partial charge in [-0.3, -0.25) is 14.9 Å². The number of carbonyl (C=O) groups is 1. The van der Waals surface area contributed by atoms with E-state index in [1.807, 2.05) is 6.07 Å². The molecule has 0 aliphatic rings. The molecular formula is C10H7BrN2O4. The van der Waals surface area contributed by atoms with Crippen molar-refractivity contribution in [3.8, 4) is 6.07 Å². The number of nitro benzene ring substituents is 1. The summed E-state index contributed by atoms with van der Waals surface area (Å²) in [5, 5.41) is 19.5. The number of non-ortho nitro benzene ring substituents is 1. The van der Waals surface area contributed by atoms with E-state index in [0.29, 0.717) is 10.0 Å². The Hall–Kier alpha value is -1.94. The molecule has 0 atom stereocenters. The molecular weight excluding hydrogens is 292 g/mol. The Bertz CT molecular complexity index is 522. The number of esters is 1. The summed E-state index contributed by atoms with van der Waals surface area (Å²) in [6.07, 6.45) is -0.132. The molecule has 17 heavy (non-hydrogen) atoms. The van der Waals surface area contributed by atoms with E-state index in [1.165, 1.54) is 13.2 Å². The van der Waals surface area contributed by atoms with E-state index in [-0.39, 0.29) is 17.7 Å². The highest BCUT2D eigenvalue weighted by atomic mass is 79.9. The molecule has 7 heteroatoms. The fourth-order valence-corrected chi connectivity index (χ4v) is 1.67. The smallest absolute Gasteiger partial charge is 0.310 e. The van der Waals surface area contributed by atoms with Gasteiger partial charge in [-0.2, -0.15) is 5.26 Å². The summed E-state index contributed by atoms with van der Waals surface area (Å²) in [5.41, 5.74) is 0.226. The summed E-state index contributed by atoms with van der Waals surface area (Å²) in [6, 6.07) is 4.20. The molecule has 0 bridgehead atoms. The summed E-state index contributed by atoms with van der Waals surface area (Å²) in [5.74, 6) is -0.532. The van der Waals surface area contributed by atoms with Crippen LogP contribution in [0.2, 0.25) is 0 Å². The van der Waals surface area contributed by atoms with Gasteiger partial charge in [0, 0.05) is 16.6 Å². The average Bonchev–Trinajstić information content (AvgIpc) is 2.31. The number of nitrogens with zero attached hydrogens (tertiary/aromatic N) is 2. The van der Waals surface area contributed by atoms with Crippen molar-refractivity contribution >= 4 is 27.6 Å². The second-order valence-corrected chi connectivity index (χ2v) is 3.88. The monoisotopic (exact) mass is 298 g/mol. The third-order valence-corrected chi connectivity index (χ3v) is 2.96. The number of hydrogen-bond donors (Lipinski definition) is 0. The van der Waals surface area contributed by atoms with E-state index >= 15 is 0 Å².